The Bertz CT molecular complexity index is 195. The summed E-state index contributed by atoms with van der Waals surface area (Å²) in [5.74, 6) is -0.400. The molecular formula is C9H17NO2. The maximum absolute atomic E-state index is 11.4. The summed E-state index contributed by atoms with van der Waals surface area (Å²) in [7, 11) is 0. The molecule has 0 aliphatic carbocycles. The quantitative estimate of drug-likeness (QED) is 0.644. The number of hydrogen-bond acceptors (Lipinski definition) is 2. The van der Waals surface area contributed by atoms with Gasteiger partial charge in [-0.3, -0.25) is 9.59 Å². The van der Waals surface area contributed by atoms with Crippen LogP contribution in [0.3, 0.4) is 0 Å². The predicted octanol–water partition coefficient (Wildman–Crippen LogP) is 1.11. The second-order valence-corrected chi connectivity index (χ2v) is 3.94. The Morgan fingerprint density at radius 2 is 1.75 bits per heavy atom. The summed E-state index contributed by atoms with van der Waals surface area (Å²) in [6, 6.07) is 0. The van der Waals surface area contributed by atoms with Gasteiger partial charge in [-0.05, 0) is 5.92 Å². The molecule has 0 aromatic heterocycles. The van der Waals surface area contributed by atoms with Crippen molar-refractivity contribution >= 4 is 11.7 Å². The molecule has 0 atom stereocenters. The molecule has 70 valence electrons. The maximum Gasteiger partial charge on any atom is 0.224 e. The van der Waals surface area contributed by atoms with E-state index in [4.69, 9.17) is 5.73 Å². The molecule has 1 amide bonds. The van der Waals surface area contributed by atoms with E-state index in [2.05, 4.69) is 0 Å². The zero-order chi connectivity index (χ0) is 9.94. The van der Waals surface area contributed by atoms with Gasteiger partial charge in [0.15, 0.2) is 0 Å². The molecule has 12 heavy (non-hydrogen) atoms. The SMILES string of the molecule is CC(C)C(C)(C)C(=O)CC(N)=O. The van der Waals surface area contributed by atoms with E-state index in [9.17, 15) is 9.59 Å². The molecule has 0 aromatic carbocycles. The van der Waals surface area contributed by atoms with Crippen molar-refractivity contribution in [1.29, 1.82) is 0 Å². The summed E-state index contributed by atoms with van der Waals surface area (Å²) >= 11 is 0. The molecule has 3 heteroatoms. The first-order valence-corrected chi connectivity index (χ1v) is 4.10. The number of carbonyl (C=O) groups is 2. The lowest BCUT2D eigenvalue weighted by Gasteiger charge is -2.26. The summed E-state index contributed by atoms with van der Waals surface area (Å²) in [6.45, 7) is 7.59. The molecule has 0 rings (SSSR count). The highest BCUT2D eigenvalue weighted by molar-refractivity contribution is 5.99. The van der Waals surface area contributed by atoms with Gasteiger partial charge in [0.2, 0.25) is 5.91 Å². The molecule has 0 spiro atoms. The van der Waals surface area contributed by atoms with E-state index in [1.165, 1.54) is 0 Å². The molecule has 0 radical (unpaired) electrons. The second kappa shape index (κ2) is 3.70. The summed E-state index contributed by atoms with van der Waals surface area (Å²) < 4.78 is 0. The van der Waals surface area contributed by atoms with Gasteiger partial charge in [0.1, 0.15) is 5.78 Å². The van der Waals surface area contributed by atoms with Crippen LogP contribution in [-0.4, -0.2) is 11.7 Å². The normalized spacial score (nSPS) is 11.8. The molecule has 0 unspecified atom stereocenters. The lowest BCUT2D eigenvalue weighted by molar-refractivity contribution is -0.133. The number of ketones is 1. The zero-order valence-corrected chi connectivity index (χ0v) is 8.18. The summed E-state index contributed by atoms with van der Waals surface area (Å²) in [5.41, 5.74) is 4.48. The zero-order valence-electron chi connectivity index (χ0n) is 8.18. The Morgan fingerprint density at radius 1 is 1.33 bits per heavy atom. The van der Waals surface area contributed by atoms with Gasteiger partial charge >= 0.3 is 0 Å². The minimum atomic E-state index is -0.547. The van der Waals surface area contributed by atoms with Crippen LogP contribution in [-0.2, 0) is 9.59 Å². The first kappa shape index (κ1) is 11.1. The van der Waals surface area contributed by atoms with Crippen LogP contribution in [0.2, 0.25) is 0 Å². The molecule has 0 saturated carbocycles. The van der Waals surface area contributed by atoms with Crippen molar-refractivity contribution in [3.63, 3.8) is 0 Å². The molecular weight excluding hydrogens is 154 g/mol. The average molecular weight is 171 g/mol. The standard InChI is InChI=1S/C9H17NO2/c1-6(2)9(3,4)7(11)5-8(10)12/h6H,5H2,1-4H3,(H2,10,12). The summed E-state index contributed by atoms with van der Waals surface area (Å²) in [5, 5.41) is 0. The first-order valence-electron chi connectivity index (χ1n) is 4.10. The maximum atomic E-state index is 11.4. The van der Waals surface area contributed by atoms with Gasteiger partial charge in [0, 0.05) is 5.41 Å². The second-order valence-electron chi connectivity index (χ2n) is 3.94. The number of carbonyl (C=O) groups excluding carboxylic acids is 2. The van der Waals surface area contributed by atoms with Gasteiger partial charge in [-0.25, -0.2) is 0 Å². The van der Waals surface area contributed by atoms with Crippen molar-refractivity contribution < 1.29 is 9.59 Å². The highest BCUT2D eigenvalue weighted by Crippen LogP contribution is 2.28. The highest BCUT2D eigenvalue weighted by atomic mass is 16.2. The van der Waals surface area contributed by atoms with Crippen LogP contribution >= 0.6 is 0 Å². The van der Waals surface area contributed by atoms with Crippen LogP contribution in [0.5, 0.6) is 0 Å². The first-order chi connectivity index (χ1) is 5.28. The van der Waals surface area contributed by atoms with E-state index in [0.29, 0.717) is 0 Å². The van der Waals surface area contributed by atoms with Gasteiger partial charge in [0.05, 0.1) is 6.42 Å². The fraction of sp³-hybridized carbons (Fsp3) is 0.778. The van der Waals surface area contributed by atoms with Gasteiger partial charge in [-0.2, -0.15) is 0 Å². The molecule has 0 aromatic rings. The van der Waals surface area contributed by atoms with Crippen LogP contribution < -0.4 is 5.73 Å². The fourth-order valence-corrected chi connectivity index (χ4v) is 0.708. The lowest BCUT2D eigenvalue weighted by Crippen LogP contribution is -2.33. The number of hydrogen-bond donors (Lipinski definition) is 1. The van der Waals surface area contributed by atoms with E-state index in [-0.39, 0.29) is 18.1 Å². The van der Waals surface area contributed by atoms with Crippen LogP contribution in [0.15, 0.2) is 0 Å². The van der Waals surface area contributed by atoms with Crippen LogP contribution in [0.4, 0.5) is 0 Å². The van der Waals surface area contributed by atoms with Crippen molar-refractivity contribution in [2.45, 2.75) is 34.1 Å². The van der Waals surface area contributed by atoms with Gasteiger partial charge in [-0.15, -0.1) is 0 Å². The number of primary amides is 1. The third kappa shape index (κ3) is 2.64. The van der Waals surface area contributed by atoms with Crippen molar-refractivity contribution in [2.24, 2.45) is 17.1 Å². The Morgan fingerprint density at radius 3 is 2.00 bits per heavy atom. The molecule has 0 aliphatic rings. The van der Waals surface area contributed by atoms with E-state index < -0.39 is 11.3 Å². The van der Waals surface area contributed by atoms with Crippen molar-refractivity contribution in [1.82, 2.24) is 0 Å². The molecule has 0 fully saturated rings. The van der Waals surface area contributed by atoms with E-state index in [1.54, 1.807) is 0 Å². The highest BCUT2D eigenvalue weighted by Gasteiger charge is 2.31. The minimum Gasteiger partial charge on any atom is -0.369 e. The average Bonchev–Trinajstić information content (AvgIpc) is 1.85. The predicted molar refractivity (Wildman–Crippen MR) is 47.4 cm³/mol. The van der Waals surface area contributed by atoms with Gasteiger partial charge < -0.3 is 5.73 Å². The van der Waals surface area contributed by atoms with E-state index in [1.807, 2.05) is 27.7 Å². The largest absolute Gasteiger partial charge is 0.369 e. The van der Waals surface area contributed by atoms with E-state index in [0.717, 1.165) is 0 Å². The topological polar surface area (TPSA) is 60.2 Å². The summed E-state index contributed by atoms with van der Waals surface area (Å²) in [4.78, 5) is 21.9. The van der Waals surface area contributed by atoms with Gasteiger partial charge in [-0.1, -0.05) is 27.7 Å². The third-order valence-corrected chi connectivity index (χ3v) is 2.50. The molecule has 2 N–H and O–H groups in total. The molecule has 0 aliphatic heterocycles. The van der Waals surface area contributed by atoms with E-state index >= 15 is 0 Å². The Kier molecular flexibility index (Phi) is 3.43. The van der Waals surface area contributed by atoms with Crippen molar-refractivity contribution in [3.05, 3.63) is 0 Å². The molecule has 0 bridgehead atoms. The minimum absolute atomic E-state index is 0.0787. The Balaban J connectivity index is 4.36. The smallest absolute Gasteiger partial charge is 0.224 e. The fourth-order valence-electron chi connectivity index (χ4n) is 0.708. The number of nitrogens with two attached hydrogens (primary N) is 1. The Hall–Kier alpha value is -0.860. The number of amides is 1. The summed E-state index contributed by atoms with van der Waals surface area (Å²) in [6.07, 6.45) is -0.148. The lowest BCUT2D eigenvalue weighted by atomic mass is 9.76. The monoisotopic (exact) mass is 171 g/mol. The molecule has 3 nitrogen and oxygen atoms in total. The number of Topliss-reactive ketones (excluding diaryl/α,β-unsaturated/α-hetero) is 1. The van der Waals surface area contributed by atoms with Crippen molar-refractivity contribution in [3.8, 4) is 0 Å². The van der Waals surface area contributed by atoms with Gasteiger partial charge in [0.25, 0.3) is 0 Å². The molecule has 0 saturated heterocycles. The third-order valence-electron chi connectivity index (χ3n) is 2.50. The number of rotatable bonds is 4. The Labute approximate surface area is 73.3 Å². The molecule has 0 heterocycles. The van der Waals surface area contributed by atoms with Crippen LogP contribution in [0.1, 0.15) is 34.1 Å². The van der Waals surface area contributed by atoms with Crippen LogP contribution in [0, 0.1) is 11.3 Å². The van der Waals surface area contributed by atoms with Crippen LogP contribution in [0.25, 0.3) is 0 Å². The van der Waals surface area contributed by atoms with Crippen molar-refractivity contribution in [2.75, 3.05) is 0 Å².